The lowest BCUT2D eigenvalue weighted by Crippen LogP contribution is -2.41. The fourth-order valence-corrected chi connectivity index (χ4v) is 2.59. The maximum Gasteiger partial charge on any atom is 0.387 e. The molecule has 0 saturated carbocycles. The van der Waals surface area contributed by atoms with Crippen molar-refractivity contribution in [3.05, 3.63) is 65.5 Å². The van der Waals surface area contributed by atoms with Crippen LogP contribution in [0.5, 0.6) is 5.75 Å². The van der Waals surface area contributed by atoms with Gasteiger partial charge in [-0.3, -0.25) is 9.79 Å². The van der Waals surface area contributed by atoms with E-state index in [1.165, 1.54) is 42.5 Å². The SMILES string of the molecule is CCNC(=NCC(O)c1ccc(OC(F)F)cc1)NCCNC(=O)c1ccccc1F.I. The largest absolute Gasteiger partial charge is 0.435 e. The van der Waals surface area contributed by atoms with Gasteiger partial charge in [-0.2, -0.15) is 8.78 Å². The first-order valence-corrected chi connectivity index (χ1v) is 9.68. The van der Waals surface area contributed by atoms with E-state index in [2.05, 4.69) is 25.7 Å². The minimum atomic E-state index is -2.91. The van der Waals surface area contributed by atoms with Gasteiger partial charge in [0.2, 0.25) is 0 Å². The molecule has 0 fully saturated rings. The van der Waals surface area contributed by atoms with E-state index in [4.69, 9.17) is 0 Å². The molecule has 1 unspecified atom stereocenters. The molecule has 2 aromatic rings. The predicted octanol–water partition coefficient (Wildman–Crippen LogP) is 3.06. The number of benzene rings is 2. The fraction of sp³-hybridized carbons (Fsp3) is 0.333. The highest BCUT2D eigenvalue weighted by atomic mass is 127. The van der Waals surface area contributed by atoms with Crippen LogP contribution in [0.2, 0.25) is 0 Å². The Bertz CT molecular complexity index is 870. The zero-order chi connectivity index (χ0) is 22.6. The van der Waals surface area contributed by atoms with Gasteiger partial charge in [-0.25, -0.2) is 4.39 Å². The first-order chi connectivity index (χ1) is 14.9. The number of hydrogen-bond acceptors (Lipinski definition) is 4. The first-order valence-electron chi connectivity index (χ1n) is 9.68. The van der Waals surface area contributed by atoms with Crippen molar-refractivity contribution in [2.24, 2.45) is 4.99 Å². The highest BCUT2D eigenvalue weighted by molar-refractivity contribution is 14.0. The van der Waals surface area contributed by atoms with E-state index >= 15 is 0 Å². The second-order valence-electron chi connectivity index (χ2n) is 6.35. The summed E-state index contributed by atoms with van der Waals surface area (Å²) in [5, 5.41) is 18.9. The average Bonchev–Trinajstić information content (AvgIpc) is 2.75. The molecule has 1 atom stereocenters. The summed E-state index contributed by atoms with van der Waals surface area (Å²) in [4.78, 5) is 16.3. The molecule has 0 spiro atoms. The quantitative estimate of drug-likeness (QED) is 0.154. The van der Waals surface area contributed by atoms with Crippen LogP contribution in [0.4, 0.5) is 13.2 Å². The monoisotopic (exact) mass is 566 g/mol. The van der Waals surface area contributed by atoms with Gasteiger partial charge in [-0.1, -0.05) is 24.3 Å². The van der Waals surface area contributed by atoms with Crippen LogP contribution in [-0.2, 0) is 0 Å². The molecule has 7 nitrogen and oxygen atoms in total. The zero-order valence-electron chi connectivity index (χ0n) is 17.4. The van der Waals surface area contributed by atoms with Crippen LogP contribution in [0.3, 0.4) is 0 Å². The molecule has 1 amide bonds. The number of rotatable bonds is 10. The van der Waals surface area contributed by atoms with Gasteiger partial charge in [0, 0.05) is 19.6 Å². The first kappa shape index (κ1) is 27.5. The van der Waals surface area contributed by atoms with Crippen molar-refractivity contribution in [2.45, 2.75) is 19.6 Å². The van der Waals surface area contributed by atoms with E-state index < -0.39 is 24.4 Å². The Balaban J connectivity index is 0.00000512. The molecule has 2 rings (SSSR count). The number of nitrogens with zero attached hydrogens (tertiary/aromatic N) is 1. The molecular weight excluding hydrogens is 540 g/mol. The van der Waals surface area contributed by atoms with E-state index in [9.17, 15) is 23.1 Å². The third-order valence-corrected chi connectivity index (χ3v) is 4.08. The molecule has 176 valence electrons. The summed E-state index contributed by atoms with van der Waals surface area (Å²) in [6.07, 6.45) is -0.947. The molecule has 32 heavy (non-hydrogen) atoms. The zero-order valence-corrected chi connectivity index (χ0v) is 19.7. The van der Waals surface area contributed by atoms with Crippen LogP contribution >= 0.6 is 24.0 Å². The summed E-state index contributed by atoms with van der Waals surface area (Å²) in [5.74, 6) is -0.691. The summed E-state index contributed by atoms with van der Waals surface area (Å²) in [6.45, 7) is 0.100. The minimum absolute atomic E-state index is 0. The Morgan fingerprint density at radius 3 is 2.34 bits per heavy atom. The average molecular weight is 566 g/mol. The maximum atomic E-state index is 13.6. The molecule has 0 heterocycles. The maximum absolute atomic E-state index is 13.6. The van der Waals surface area contributed by atoms with Gasteiger partial charge in [0.1, 0.15) is 11.6 Å². The highest BCUT2D eigenvalue weighted by Gasteiger charge is 2.11. The van der Waals surface area contributed by atoms with Crippen molar-refractivity contribution in [3.63, 3.8) is 0 Å². The smallest absolute Gasteiger partial charge is 0.387 e. The number of aliphatic hydroxyl groups is 1. The van der Waals surface area contributed by atoms with Gasteiger partial charge in [0.15, 0.2) is 5.96 Å². The third-order valence-electron chi connectivity index (χ3n) is 4.08. The third kappa shape index (κ3) is 9.30. The van der Waals surface area contributed by atoms with Crippen LogP contribution < -0.4 is 20.7 Å². The molecule has 0 saturated heterocycles. The number of halogens is 4. The number of alkyl halides is 2. The standard InChI is InChI=1S/C21H25F3N4O3.HI/c1-2-25-21(27-12-11-26-19(30)16-5-3-4-6-17(16)22)28-13-18(29)14-7-9-15(10-8-14)31-20(23)24;/h3-10,18,20,29H,2,11-13H2,1H3,(H,26,30)(H2,25,27,28);1H. The van der Waals surface area contributed by atoms with Crippen molar-refractivity contribution in [2.75, 3.05) is 26.2 Å². The molecule has 0 aliphatic rings. The van der Waals surface area contributed by atoms with Crippen molar-refractivity contribution in [1.29, 1.82) is 0 Å². The van der Waals surface area contributed by atoms with E-state index in [0.717, 1.165) is 0 Å². The number of ether oxygens (including phenoxy) is 1. The molecule has 0 aliphatic carbocycles. The second-order valence-corrected chi connectivity index (χ2v) is 6.35. The second kappa shape index (κ2) is 14.5. The van der Waals surface area contributed by atoms with E-state index in [1.54, 1.807) is 6.07 Å². The molecule has 2 aromatic carbocycles. The molecule has 0 aromatic heterocycles. The Morgan fingerprint density at radius 2 is 1.72 bits per heavy atom. The number of nitrogens with one attached hydrogen (secondary N) is 3. The lowest BCUT2D eigenvalue weighted by atomic mass is 10.1. The summed E-state index contributed by atoms with van der Waals surface area (Å²) >= 11 is 0. The topological polar surface area (TPSA) is 95.0 Å². The number of aliphatic imine (C=N–C) groups is 1. The van der Waals surface area contributed by atoms with E-state index in [-0.39, 0.29) is 48.4 Å². The van der Waals surface area contributed by atoms with Gasteiger partial charge in [-0.05, 0) is 36.8 Å². The lowest BCUT2D eigenvalue weighted by Gasteiger charge is -2.14. The minimum Gasteiger partial charge on any atom is -0.435 e. The molecular formula is C21H26F3IN4O3. The Hall–Kier alpha value is -2.54. The van der Waals surface area contributed by atoms with Crippen molar-refractivity contribution in [1.82, 2.24) is 16.0 Å². The van der Waals surface area contributed by atoms with E-state index in [1.807, 2.05) is 6.92 Å². The Labute approximate surface area is 201 Å². The summed E-state index contributed by atoms with van der Waals surface area (Å²) in [6, 6.07) is 11.4. The van der Waals surface area contributed by atoms with Gasteiger partial charge in [0.05, 0.1) is 18.2 Å². The molecule has 0 bridgehead atoms. The van der Waals surface area contributed by atoms with Gasteiger partial charge < -0.3 is 25.8 Å². The van der Waals surface area contributed by atoms with Gasteiger partial charge >= 0.3 is 6.61 Å². The molecule has 11 heteroatoms. The van der Waals surface area contributed by atoms with Gasteiger partial charge in [0.25, 0.3) is 5.91 Å². The molecule has 0 radical (unpaired) electrons. The van der Waals surface area contributed by atoms with Crippen LogP contribution in [0.1, 0.15) is 28.9 Å². The number of hydrogen-bond donors (Lipinski definition) is 4. The van der Waals surface area contributed by atoms with Gasteiger partial charge in [-0.15, -0.1) is 24.0 Å². The normalized spacial score (nSPS) is 12.0. The van der Waals surface area contributed by atoms with Crippen LogP contribution in [0.25, 0.3) is 0 Å². The fourth-order valence-electron chi connectivity index (χ4n) is 2.59. The highest BCUT2D eigenvalue weighted by Crippen LogP contribution is 2.19. The number of guanidine groups is 1. The number of carbonyl (C=O) groups is 1. The Morgan fingerprint density at radius 1 is 1.06 bits per heavy atom. The molecule has 4 N–H and O–H groups in total. The van der Waals surface area contributed by atoms with Crippen LogP contribution in [0.15, 0.2) is 53.5 Å². The summed E-state index contributed by atoms with van der Waals surface area (Å²) < 4.78 is 42.3. The van der Waals surface area contributed by atoms with E-state index in [0.29, 0.717) is 24.6 Å². The van der Waals surface area contributed by atoms with Crippen LogP contribution in [0, 0.1) is 5.82 Å². The van der Waals surface area contributed by atoms with Crippen LogP contribution in [-0.4, -0.2) is 49.8 Å². The summed E-state index contributed by atoms with van der Waals surface area (Å²) in [5.41, 5.74) is 0.467. The predicted molar refractivity (Wildman–Crippen MR) is 126 cm³/mol. The van der Waals surface area contributed by atoms with Crippen molar-refractivity contribution >= 4 is 35.8 Å². The number of carbonyl (C=O) groups excluding carboxylic acids is 1. The lowest BCUT2D eigenvalue weighted by molar-refractivity contribution is -0.0498. The molecule has 0 aliphatic heterocycles. The van der Waals surface area contributed by atoms with Crippen molar-refractivity contribution < 1.29 is 27.8 Å². The Kier molecular flexibility index (Phi) is 12.5. The number of aliphatic hydroxyl groups excluding tert-OH is 1. The number of amides is 1. The van der Waals surface area contributed by atoms with Crippen molar-refractivity contribution in [3.8, 4) is 5.75 Å². The summed E-state index contributed by atoms with van der Waals surface area (Å²) in [7, 11) is 0.